The average molecular weight is 233 g/mol. The van der Waals surface area contributed by atoms with E-state index in [1.165, 1.54) is 5.56 Å². The highest BCUT2D eigenvalue weighted by molar-refractivity contribution is 5.81. The Labute approximate surface area is 102 Å². The molecule has 3 N–H and O–H groups in total. The van der Waals surface area contributed by atoms with Crippen LogP contribution in [0.3, 0.4) is 0 Å². The van der Waals surface area contributed by atoms with Gasteiger partial charge >= 0.3 is 0 Å². The summed E-state index contributed by atoms with van der Waals surface area (Å²) in [7, 11) is 0. The number of amides is 1. The molecule has 0 saturated carbocycles. The SMILES string of the molecule is O=C(NCCc1ccccc1)[C@@H]1CCCNN1. The van der Waals surface area contributed by atoms with Crippen molar-refractivity contribution in [3.8, 4) is 0 Å². The highest BCUT2D eigenvalue weighted by atomic mass is 16.2. The van der Waals surface area contributed by atoms with Crippen LogP contribution in [0.15, 0.2) is 30.3 Å². The molecule has 0 aromatic heterocycles. The van der Waals surface area contributed by atoms with Gasteiger partial charge in [-0.05, 0) is 24.8 Å². The molecule has 1 amide bonds. The zero-order chi connectivity index (χ0) is 11.9. The van der Waals surface area contributed by atoms with Crippen molar-refractivity contribution in [1.82, 2.24) is 16.2 Å². The predicted octanol–water partition coefficient (Wildman–Crippen LogP) is 0.602. The third kappa shape index (κ3) is 3.84. The summed E-state index contributed by atoms with van der Waals surface area (Å²) in [6.45, 7) is 1.63. The maximum atomic E-state index is 11.8. The molecule has 1 heterocycles. The number of rotatable bonds is 4. The van der Waals surface area contributed by atoms with Crippen molar-refractivity contribution < 1.29 is 4.79 Å². The van der Waals surface area contributed by atoms with E-state index in [2.05, 4.69) is 28.3 Å². The molecular weight excluding hydrogens is 214 g/mol. The summed E-state index contributed by atoms with van der Waals surface area (Å²) in [6.07, 6.45) is 2.83. The predicted molar refractivity (Wildman–Crippen MR) is 67.3 cm³/mol. The molecule has 1 atom stereocenters. The molecule has 4 nitrogen and oxygen atoms in total. The van der Waals surface area contributed by atoms with E-state index in [-0.39, 0.29) is 11.9 Å². The number of hydrogen-bond donors (Lipinski definition) is 3. The molecule has 1 aromatic rings. The molecule has 0 spiro atoms. The minimum Gasteiger partial charge on any atom is -0.354 e. The maximum Gasteiger partial charge on any atom is 0.238 e. The standard InChI is InChI=1S/C13H19N3O/c17-13(12-7-4-9-15-16-12)14-10-8-11-5-2-1-3-6-11/h1-3,5-6,12,15-16H,4,7-10H2,(H,14,17)/t12-/m0/s1. The third-order valence-electron chi connectivity index (χ3n) is 2.94. The van der Waals surface area contributed by atoms with E-state index in [1.54, 1.807) is 0 Å². The summed E-state index contributed by atoms with van der Waals surface area (Å²) in [4.78, 5) is 11.8. The Kier molecular flexibility index (Phi) is 4.53. The first-order chi connectivity index (χ1) is 8.36. The fraction of sp³-hybridized carbons (Fsp3) is 0.462. The van der Waals surface area contributed by atoms with E-state index in [0.717, 1.165) is 25.8 Å². The lowest BCUT2D eigenvalue weighted by molar-refractivity contribution is -0.123. The summed E-state index contributed by atoms with van der Waals surface area (Å²) in [5.41, 5.74) is 7.27. The number of carbonyl (C=O) groups is 1. The van der Waals surface area contributed by atoms with Crippen molar-refractivity contribution in [3.63, 3.8) is 0 Å². The minimum absolute atomic E-state index is 0.0838. The second kappa shape index (κ2) is 6.37. The van der Waals surface area contributed by atoms with Crippen LogP contribution >= 0.6 is 0 Å². The Morgan fingerprint density at radius 2 is 2.18 bits per heavy atom. The van der Waals surface area contributed by atoms with Gasteiger partial charge in [0.05, 0.1) is 6.04 Å². The fourth-order valence-electron chi connectivity index (χ4n) is 1.96. The highest BCUT2D eigenvalue weighted by Gasteiger charge is 2.19. The molecule has 2 rings (SSSR count). The van der Waals surface area contributed by atoms with Gasteiger partial charge in [-0.3, -0.25) is 10.2 Å². The summed E-state index contributed by atoms with van der Waals surface area (Å²) in [5, 5.41) is 2.96. The van der Waals surface area contributed by atoms with Gasteiger partial charge in [0.2, 0.25) is 5.91 Å². The Morgan fingerprint density at radius 1 is 1.35 bits per heavy atom. The van der Waals surface area contributed by atoms with Crippen LogP contribution in [0.4, 0.5) is 0 Å². The molecule has 0 radical (unpaired) electrons. The molecule has 92 valence electrons. The van der Waals surface area contributed by atoms with Crippen LogP contribution in [0.1, 0.15) is 18.4 Å². The van der Waals surface area contributed by atoms with E-state index in [9.17, 15) is 4.79 Å². The highest BCUT2D eigenvalue weighted by Crippen LogP contribution is 2.01. The van der Waals surface area contributed by atoms with Crippen LogP contribution in [0.25, 0.3) is 0 Å². The largest absolute Gasteiger partial charge is 0.354 e. The van der Waals surface area contributed by atoms with Crippen LogP contribution in [0.5, 0.6) is 0 Å². The van der Waals surface area contributed by atoms with Gasteiger partial charge in [-0.15, -0.1) is 0 Å². The lowest BCUT2D eigenvalue weighted by Crippen LogP contribution is -2.53. The van der Waals surface area contributed by atoms with Crippen LogP contribution < -0.4 is 16.2 Å². The molecule has 1 fully saturated rings. The Balaban J connectivity index is 1.69. The molecule has 1 aliphatic rings. The number of hydrogen-bond acceptors (Lipinski definition) is 3. The topological polar surface area (TPSA) is 53.2 Å². The molecular formula is C13H19N3O. The summed E-state index contributed by atoms with van der Waals surface area (Å²) >= 11 is 0. The maximum absolute atomic E-state index is 11.8. The van der Waals surface area contributed by atoms with Gasteiger partial charge in [-0.25, -0.2) is 5.43 Å². The lowest BCUT2D eigenvalue weighted by Gasteiger charge is -2.23. The van der Waals surface area contributed by atoms with Crippen molar-refractivity contribution >= 4 is 5.91 Å². The average Bonchev–Trinajstić information content (AvgIpc) is 2.41. The number of nitrogens with one attached hydrogen (secondary N) is 3. The smallest absolute Gasteiger partial charge is 0.238 e. The molecule has 17 heavy (non-hydrogen) atoms. The summed E-state index contributed by atoms with van der Waals surface area (Å²) < 4.78 is 0. The molecule has 0 aliphatic carbocycles. The number of carbonyl (C=O) groups excluding carboxylic acids is 1. The molecule has 1 aromatic carbocycles. The van der Waals surface area contributed by atoms with Gasteiger partial charge < -0.3 is 5.32 Å². The Morgan fingerprint density at radius 3 is 2.88 bits per heavy atom. The van der Waals surface area contributed by atoms with Crippen LogP contribution in [-0.4, -0.2) is 25.0 Å². The van der Waals surface area contributed by atoms with E-state index >= 15 is 0 Å². The molecule has 0 unspecified atom stereocenters. The Bertz CT molecular complexity index is 347. The second-order valence-electron chi connectivity index (χ2n) is 4.29. The van der Waals surface area contributed by atoms with Crippen LogP contribution in [-0.2, 0) is 11.2 Å². The van der Waals surface area contributed by atoms with Crippen molar-refractivity contribution in [2.75, 3.05) is 13.1 Å². The van der Waals surface area contributed by atoms with Crippen molar-refractivity contribution in [3.05, 3.63) is 35.9 Å². The molecule has 1 saturated heterocycles. The lowest BCUT2D eigenvalue weighted by atomic mass is 10.1. The van der Waals surface area contributed by atoms with Gasteiger partial charge in [0, 0.05) is 13.1 Å². The fourth-order valence-corrected chi connectivity index (χ4v) is 1.96. The number of benzene rings is 1. The first-order valence-electron chi connectivity index (χ1n) is 6.16. The quantitative estimate of drug-likeness (QED) is 0.714. The van der Waals surface area contributed by atoms with E-state index in [1.807, 2.05) is 18.2 Å². The Hall–Kier alpha value is -1.39. The van der Waals surface area contributed by atoms with Crippen molar-refractivity contribution in [2.24, 2.45) is 0 Å². The van der Waals surface area contributed by atoms with E-state index in [0.29, 0.717) is 6.54 Å². The molecule has 1 aliphatic heterocycles. The second-order valence-corrected chi connectivity index (χ2v) is 4.29. The summed E-state index contributed by atoms with van der Waals surface area (Å²) in [5.74, 6) is 0.0909. The van der Waals surface area contributed by atoms with E-state index < -0.39 is 0 Å². The first kappa shape index (κ1) is 12.1. The zero-order valence-corrected chi connectivity index (χ0v) is 9.91. The van der Waals surface area contributed by atoms with Gasteiger partial charge in [0.15, 0.2) is 0 Å². The van der Waals surface area contributed by atoms with E-state index in [4.69, 9.17) is 0 Å². The zero-order valence-electron chi connectivity index (χ0n) is 9.91. The number of hydrazine groups is 1. The van der Waals surface area contributed by atoms with Crippen molar-refractivity contribution in [2.45, 2.75) is 25.3 Å². The van der Waals surface area contributed by atoms with Crippen LogP contribution in [0.2, 0.25) is 0 Å². The van der Waals surface area contributed by atoms with Gasteiger partial charge in [0.25, 0.3) is 0 Å². The van der Waals surface area contributed by atoms with Gasteiger partial charge in [0.1, 0.15) is 0 Å². The first-order valence-corrected chi connectivity index (χ1v) is 6.16. The summed E-state index contributed by atoms with van der Waals surface area (Å²) in [6, 6.07) is 10.1. The molecule has 4 heteroatoms. The third-order valence-corrected chi connectivity index (χ3v) is 2.94. The van der Waals surface area contributed by atoms with Gasteiger partial charge in [-0.2, -0.15) is 0 Å². The van der Waals surface area contributed by atoms with Crippen molar-refractivity contribution in [1.29, 1.82) is 0 Å². The molecule has 0 bridgehead atoms. The van der Waals surface area contributed by atoms with Crippen LogP contribution in [0, 0.1) is 0 Å². The minimum atomic E-state index is -0.0838. The normalized spacial score (nSPS) is 19.9. The van der Waals surface area contributed by atoms with Gasteiger partial charge in [-0.1, -0.05) is 30.3 Å². The monoisotopic (exact) mass is 233 g/mol.